The molecule has 0 aromatic heterocycles. The molecule has 0 amide bonds. The molecule has 5 rings (SSSR count). The van der Waals surface area contributed by atoms with E-state index < -0.39 is 59.7 Å². The highest BCUT2D eigenvalue weighted by Gasteiger charge is 2.46. The first kappa shape index (κ1) is 42.8. The van der Waals surface area contributed by atoms with Crippen LogP contribution in [0.1, 0.15) is 53.3 Å². The highest BCUT2D eigenvalue weighted by molar-refractivity contribution is 9.10. The van der Waals surface area contributed by atoms with Crippen molar-refractivity contribution in [1.82, 2.24) is 0 Å². The van der Waals surface area contributed by atoms with Gasteiger partial charge in [-0.15, -0.1) is 0 Å². The molecule has 6 atom stereocenters. The fraction of sp³-hybridized carbons (Fsp3) is 0.311. The van der Waals surface area contributed by atoms with Crippen LogP contribution in [0.2, 0.25) is 0 Å². The summed E-state index contributed by atoms with van der Waals surface area (Å²) in [4.78, 5) is 12.6. The maximum absolute atomic E-state index is 14.6. The van der Waals surface area contributed by atoms with Crippen molar-refractivity contribution in [1.29, 1.82) is 0 Å². The van der Waals surface area contributed by atoms with Gasteiger partial charge in [0, 0.05) is 22.9 Å². The lowest BCUT2D eigenvalue weighted by Crippen LogP contribution is -2.53. The van der Waals surface area contributed by atoms with Crippen LogP contribution in [0.15, 0.2) is 144 Å². The van der Waals surface area contributed by atoms with Crippen LogP contribution < -0.4 is 0 Å². The van der Waals surface area contributed by atoms with Gasteiger partial charge in [-0.25, -0.2) is 0 Å². The van der Waals surface area contributed by atoms with Gasteiger partial charge in [0.2, 0.25) is 0 Å². The Kier molecular flexibility index (Phi) is 16.2. The third-order valence-electron chi connectivity index (χ3n) is 9.12. The van der Waals surface area contributed by atoms with Crippen molar-refractivity contribution in [3.05, 3.63) is 177 Å². The van der Waals surface area contributed by atoms with Gasteiger partial charge >= 0.3 is 12.1 Å². The molecule has 0 saturated carbocycles. The number of rotatable bonds is 20. The summed E-state index contributed by atoms with van der Waals surface area (Å²) in [7, 11) is 0. The molecule has 0 aliphatic heterocycles. The molecule has 0 heterocycles. The number of hydrogen-bond acceptors (Lipinski definition) is 7. The molecule has 56 heavy (non-hydrogen) atoms. The number of carbonyl (C=O) groups excluding carboxylic acids is 1. The molecule has 0 fully saturated rings. The van der Waals surface area contributed by atoms with Gasteiger partial charge in [0.25, 0.3) is 0 Å². The summed E-state index contributed by atoms with van der Waals surface area (Å²) in [5, 5.41) is 12.5. The van der Waals surface area contributed by atoms with E-state index in [-0.39, 0.29) is 30.9 Å². The number of aliphatic hydroxyl groups is 1. The van der Waals surface area contributed by atoms with E-state index >= 15 is 0 Å². The molecule has 5 aromatic rings. The molecule has 11 heteroatoms. The number of esters is 1. The van der Waals surface area contributed by atoms with E-state index in [1.165, 1.54) is 12.1 Å². The molecule has 7 nitrogen and oxygen atoms in total. The molecule has 296 valence electrons. The van der Waals surface area contributed by atoms with Gasteiger partial charge in [0.1, 0.15) is 18.3 Å². The second kappa shape index (κ2) is 21.2. The predicted molar refractivity (Wildman–Crippen MR) is 210 cm³/mol. The molecule has 1 N–H and O–H groups in total. The Hall–Kier alpha value is -4.36. The number of hydrogen-bond donors (Lipinski definition) is 1. The highest BCUT2D eigenvalue weighted by atomic mass is 79.9. The van der Waals surface area contributed by atoms with E-state index in [1.807, 2.05) is 128 Å². The Morgan fingerprint density at radius 3 is 1.52 bits per heavy atom. The summed E-state index contributed by atoms with van der Waals surface area (Å²) < 4.78 is 75.8. The molecular weight excluding hydrogens is 789 g/mol. The Balaban J connectivity index is 1.60. The lowest BCUT2D eigenvalue weighted by Gasteiger charge is -2.40. The quantitative estimate of drug-likeness (QED) is 0.0782. The third kappa shape index (κ3) is 12.8. The fourth-order valence-corrected chi connectivity index (χ4v) is 6.73. The molecule has 0 aliphatic rings. The van der Waals surface area contributed by atoms with Crippen LogP contribution in [0.25, 0.3) is 0 Å². The highest BCUT2D eigenvalue weighted by Crippen LogP contribution is 2.40. The summed E-state index contributed by atoms with van der Waals surface area (Å²) in [5.41, 5.74) is 1.84. The normalized spacial score (nSPS) is 15.0. The molecule has 4 unspecified atom stereocenters. The van der Waals surface area contributed by atoms with E-state index in [2.05, 4.69) is 15.9 Å². The van der Waals surface area contributed by atoms with Crippen molar-refractivity contribution in [3.63, 3.8) is 0 Å². The Bertz CT molecular complexity index is 1900. The van der Waals surface area contributed by atoms with Gasteiger partial charge in [-0.1, -0.05) is 150 Å². The lowest BCUT2D eigenvalue weighted by molar-refractivity contribution is -0.212. The molecule has 0 radical (unpaired) electrons. The van der Waals surface area contributed by atoms with Gasteiger partial charge in [0.05, 0.1) is 44.7 Å². The van der Waals surface area contributed by atoms with Gasteiger partial charge in [-0.05, 0) is 34.4 Å². The zero-order valence-electron chi connectivity index (χ0n) is 31.2. The fourth-order valence-electron chi connectivity index (χ4n) is 6.37. The van der Waals surface area contributed by atoms with Crippen LogP contribution in [0.4, 0.5) is 13.2 Å². The summed E-state index contributed by atoms with van der Waals surface area (Å²) in [6.07, 6.45) is -12.0. The van der Waals surface area contributed by atoms with Gasteiger partial charge in [-0.3, -0.25) is 4.79 Å². The summed E-state index contributed by atoms with van der Waals surface area (Å²) in [6, 6.07) is 41.1. The van der Waals surface area contributed by atoms with E-state index in [9.17, 15) is 23.1 Å². The van der Waals surface area contributed by atoms with Crippen molar-refractivity contribution in [3.8, 4) is 0 Å². The number of alkyl halides is 3. The average molecular weight is 836 g/mol. The predicted octanol–water partition coefficient (Wildman–Crippen LogP) is 10.0. The SMILES string of the molecule is CC(=O)O[C@H](c1ccc(Br)cc1C(F)(F)F)C(O)[C@H](OCc1ccccc1)C(OCc1ccccc1)C(OCc1ccccc1)C(C)COCc1ccccc1. The summed E-state index contributed by atoms with van der Waals surface area (Å²) >= 11 is 3.13. The van der Waals surface area contributed by atoms with Crippen molar-refractivity contribution < 1.29 is 46.8 Å². The molecule has 0 aliphatic carbocycles. The van der Waals surface area contributed by atoms with Crippen LogP contribution in [-0.2, 0) is 61.1 Å². The van der Waals surface area contributed by atoms with Crippen molar-refractivity contribution >= 4 is 21.9 Å². The monoisotopic (exact) mass is 834 g/mol. The first-order valence-electron chi connectivity index (χ1n) is 18.3. The van der Waals surface area contributed by atoms with Crippen molar-refractivity contribution in [2.75, 3.05) is 6.61 Å². The molecule has 0 spiro atoms. The maximum Gasteiger partial charge on any atom is 0.416 e. The minimum absolute atomic E-state index is 0.0382. The van der Waals surface area contributed by atoms with Crippen LogP contribution in [0, 0.1) is 5.92 Å². The molecule has 0 bridgehead atoms. The number of benzene rings is 5. The third-order valence-corrected chi connectivity index (χ3v) is 9.62. The number of ether oxygens (including phenoxy) is 5. The van der Waals surface area contributed by atoms with E-state index in [1.54, 1.807) is 0 Å². The van der Waals surface area contributed by atoms with Crippen molar-refractivity contribution in [2.24, 2.45) is 5.92 Å². The summed E-state index contributed by atoms with van der Waals surface area (Å²) in [5.74, 6) is -1.31. The molecule has 0 saturated heterocycles. The Morgan fingerprint density at radius 1 is 0.643 bits per heavy atom. The number of halogens is 4. The van der Waals surface area contributed by atoms with Crippen LogP contribution in [0.5, 0.6) is 0 Å². The van der Waals surface area contributed by atoms with E-state index in [4.69, 9.17) is 23.7 Å². The Morgan fingerprint density at radius 2 is 1.07 bits per heavy atom. The minimum atomic E-state index is -4.85. The van der Waals surface area contributed by atoms with Crippen LogP contribution >= 0.6 is 15.9 Å². The van der Waals surface area contributed by atoms with Gasteiger partial charge in [0.15, 0.2) is 6.10 Å². The Labute approximate surface area is 334 Å². The van der Waals surface area contributed by atoms with E-state index in [0.717, 1.165) is 35.2 Å². The van der Waals surface area contributed by atoms with Gasteiger partial charge in [-0.2, -0.15) is 13.2 Å². The maximum atomic E-state index is 14.6. The standard InChI is InChI=1S/C45H46BrF3O7/c1-31(26-52-27-33-15-7-3-8-16-33)41(53-28-34-17-9-4-10-18-34)44(55-30-36-21-13-6-14-22-36)43(54-29-35-19-11-5-12-20-35)40(51)42(56-32(2)50)38-24-23-37(46)25-39(38)45(47,48)49/h3-25,31,40-44,51H,26-30H2,1-2H3/t31?,40?,41?,42-,43+,44?/m1/s1. The molecular formula is C45H46BrF3O7. The van der Waals surface area contributed by atoms with Gasteiger partial charge < -0.3 is 28.8 Å². The smallest absolute Gasteiger partial charge is 0.416 e. The second-order valence-electron chi connectivity index (χ2n) is 13.5. The second-order valence-corrected chi connectivity index (χ2v) is 14.4. The lowest BCUT2D eigenvalue weighted by atomic mass is 9.88. The largest absolute Gasteiger partial charge is 0.455 e. The minimum Gasteiger partial charge on any atom is -0.455 e. The zero-order chi connectivity index (χ0) is 39.9. The summed E-state index contributed by atoms with van der Waals surface area (Å²) in [6.45, 7) is 3.63. The number of aliphatic hydroxyl groups excluding tert-OH is 1. The van der Waals surface area contributed by atoms with E-state index in [0.29, 0.717) is 6.61 Å². The van der Waals surface area contributed by atoms with Crippen molar-refractivity contribution in [2.45, 2.75) is 77.0 Å². The first-order chi connectivity index (χ1) is 27.0. The number of carbonyl (C=O) groups is 1. The zero-order valence-corrected chi connectivity index (χ0v) is 32.8. The van der Waals surface area contributed by atoms with Crippen LogP contribution in [0.3, 0.4) is 0 Å². The first-order valence-corrected chi connectivity index (χ1v) is 19.1. The van der Waals surface area contributed by atoms with Crippen LogP contribution in [-0.4, -0.2) is 42.1 Å². The molecule has 5 aromatic carbocycles. The average Bonchev–Trinajstić information content (AvgIpc) is 3.20. The topological polar surface area (TPSA) is 83.5 Å².